The summed E-state index contributed by atoms with van der Waals surface area (Å²) in [4.78, 5) is 8.15. The summed E-state index contributed by atoms with van der Waals surface area (Å²) < 4.78 is 5.89. The molecule has 0 amide bonds. The van der Waals surface area contributed by atoms with Gasteiger partial charge in [0.2, 0.25) is 0 Å². The second-order valence-electron chi connectivity index (χ2n) is 5.15. The highest BCUT2D eigenvalue weighted by molar-refractivity contribution is 6.33. The van der Waals surface area contributed by atoms with E-state index in [4.69, 9.17) is 27.9 Å². The summed E-state index contributed by atoms with van der Waals surface area (Å²) in [6, 6.07) is 1.93. The van der Waals surface area contributed by atoms with E-state index in [1.165, 1.54) is 6.33 Å². The van der Waals surface area contributed by atoms with Crippen LogP contribution in [-0.2, 0) is 0 Å². The summed E-state index contributed by atoms with van der Waals surface area (Å²) in [5.41, 5.74) is 3.90. The van der Waals surface area contributed by atoms with Gasteiger partial charge < -0.3 is 10.1 Å². The SMILES string of the molecule is Cc1cc(Cl)c(C)c(C)c1OCCNc1ncnc(C)c1Cl. The Labute approximate surface area is 140 Å². The van der Waals surface area contributed by atoms with Crippen molar-refractivity contribution in [3.8, 4) is 5.75 Å². The normalized spacial score (nSPS) is 10.6. The number of benzene rings is 1. The summed E-state index contributed by atoms with van der Waals surface area (Å²) in [6.07, 6.45) is 1.49. The highest BCUT2D eigenvalue weighted by Gasteiger charge is 2.10. The lowest BCUT2D eigenvalue weighted by Gasteiger charge is -2.16. The molecule has 22 heavy (non-hydrogen) atoms. The first-order chi connectivity index (χ1) is 10.4. The molecule has 1 N–H and O–H groups in total. The zero-order chi connectivity index (χ0) is 16.3. The Morgan fingerprint density at radius 3 is 2.55 bits per heavy atom. The molecule has 1 aromatic heterocycles. The molecule has 2 rings (SSSR count). The molecule has 4 nitrogen and oxygen atoms in total. The average molecular weight is 340 g/mol. The molecular weight excluding hydrogens is 321 g/mol. The predicted molar refractivity (Wildman–Crippen MR) is 91.4 cm³/mol. The van der Waals surface area contributed by atoms with Gasteiger partial charge in [0.1, 0.15) is 29.5 Å². The van der Waals surface area contributed by atoms with E-state index >= 15 is 0 Å². The van der Waals surface area contributed by atoms with E-state index in [-0.39, 0.29) is 0 Å². The largest absolute Gasteiger partial charge is 0.491 e. The van der Waals surface area contributed by atoms with E-state index < -0.39 is 0 Å². The van der Waals surface area contributed by atoms with Gasteiger partial charge in [-0.15, -0.1) is 0 Å². The lowest BCUT2D eigenvalue weighted by atomic mass is 10.1. The number of halogens is 2. The van der Waals surface area contributed by atoms with Crippen molar-refractivity contribution in [2.45, 2.75) is 27.7 Å². The summed E-state index contributed by atoms with van der Waals surface area (Å²) in [5, 5.41) is 4.46. The number of nitrogens with one attached hydrogen (secondary N) is 1. The third-order valence-corrected chi connectivity index (χ3v) is 4.41. The molecule has 0 radical (unpaired) electrons. The minimum absolute atomic E-state index is 0.502. The van der Waals surface area contributed by atoms with E-state index in [1.54, 1.807) is 0 Å². The highest BCUT2D eigenvalue weighted by atomic mass is 35.5. The van der Waals surface area contributed by atoms with Crippen molar-refractivity contribution >= 4 is 29.0 Å². The molecule has 0 aliphatic rings. The zero-order valence-corrected chi connectivity index (χ0v) is 14.6. The van der Waals surface area contributed by atoms with Gasteiger partial charge >= 0.3 is 0 Å². The van der Waals surface area contributed by atoms with E-state index in [1.807, 2.05) is 33.8 Å². The van der Waals surface area contributed by atoms with Crippen LogP contribution in [0, 0.1) is 27.7 Å². The average Bonchev–Trinajstić information content (AvgIpc) is 2.48. The number of aryl methyl sites for hydroxylation is 2. The summed E-state index contributed by atoms with van der Waals surface area (Å²) in [7, 11) is 0. The fraction of sp³-hybridized carbons (Fsp3) is 0.375. The van der Waals surface area contributed by atoms with E-state index in [0.717, 1.165) is 33.2 Å². The third-order valence-electron chi connectivity index (χ3n) is 3.57. The van der Waals surface area contributed by atoms with Gasteiger partial charge in [-0.25, -0.2) is 9.97 Å². The predicted octanol–water partition coefficient (Wildman–Crippen LogP) is 4.51. The third kappa shape index (κ3) is 3.62. The number of hydrogen-bond donors (Lipinski definition) is 1. The standard InChI is InChI=1S/C16H19Cl2N3O/c1-9-7-13(17)10(2)11(3)15(9)22-6-5-19-16-14(18)12(4)20-8-21-16/h7-8H,5-6H2,1-4H3,(H,19,20,21). The number of anilines is 1. The molecular formula is C16H19Cl2N3O. The molecule has 0 aliphatic carbocycles. The number of aromatic nitrogens is 2. The number of hydrogen-bond acceptors (Lipinski definition) is 4. The smallest absolute Gasteiger partial charge is 0.148 e. The van der Waals surface area contributed by atoms with Gasteiger partial charge in [0.25, 0.3) is 0 Å². The Kier molecular flexibility index (Phi) is 5.48. The highest BCUT2D eigenvalue weighted by Crippen LogP contribution is 2.31. The van der Waals surface area contributed by atoms with Crippen LogP contribution in [0.5, 0.6) is 5.75 Å². The summed E-state index contributed by atoms with van der Waals surface area (Å²) in [6.45, 7) is 8.94. The molecule has 6 heteroatoms. The lowest BCUT2D eigenvalue weighted by Crippen LogP contribution is -2.14. The Balaban J connectivity index is 1.98. The fourth-order valence-corrected chi connectivity index (χ4v) is 2.60. The number of rotatable bonds is 5. The van der Waals surface area contributed by atoms with Crippen molar-refractivity contribution < 1.29 is 4.74 Å². The maximum atomic E-state index is 6.17. The number of nitrogens with zero attached hydrogens (tertiary/aromatic N) is 2. The quantitative estimate of drug-likeness (QED) is 0.814. The van der Waals surface area contributed by atoms with Crippen LogP contribution in [0.25, 0.3) is 0 Å². The van der Waals surface area contributed by atoms with Crippen molar-refractivity contribution in [2.24, 2.45) is 0 Å². The molecule has 0 fully saturated rings. The Hall–Kier alpha value is -1.52. The van der Waals surface area contributed by atoms with Gasteiger partial charge in [-0.3, -0.25) is 0 Å². The van der Waals surface area contributed by atoms with Crippen LogP contribution < -0.4 is 10.1 Å². The zero-order valence-electron chi connectivity index (χ0n) is 13.1. The second-order valence-corrected chi connectivity index (χ2v) is 5.94. The van der Waals surface area contributed by atoms with E-state index in [0.29, 0.717) is 24.0 Å². The van der Waals surface area contributed by atoms with Gasteiger partial charge in [0.05, 0.1) is 12.2 Å². The summed E-state index contributed by atoms with van der Waals surface area (Å²) in [5.74, 6) is 1.51. The molecule has 1 heterocycles. The molecule has 0 aliphatic heterocycles. The Bertz CT molecular complexity index is 690. The Morgan fingerprint density at radius 1 is 1.09 bits per heavy atom. The summed E-state index contributed by atoms with van der Waals surface area (Å²) >= 11 is 12.3. The van der Waals surface area contributed by atoms with Gasteiger partial charge in [0, 0.05) is 5.02 Å². The van der Waals surface area contributed by atoms with Crippen LogP contribution in [0.4, 0.5) is 5.82 Å². The first-order valence-electron chi connectivity index (χ1n) is 7.02. The monoisotopic (exact) mass is 339 g/mol. The van der Waals surface area contributed by atoms with Gasteiger partial charge in [-0.05, 0) is 50.5 Å². The molecule has 0 atom stereocenters. The van der Waals surface area contributed by atoms with Gasteiger partial charge in [-0.2, -0.15) is 0 Å². The molecule has 2 aromatic rings. The first kappa shape index (κ1) is 16.8. The maximum absolute atomic E-state index is 6.17. The molecule has 0 bridgehead atoms. The minimum Gasteiger partial charge on any atom is -0.491 e. The van der Waals surface area contributed by atoms with Crippen LogP contribution in [0.3, 0.4) is 0 Å². The maximum Gasteiger partial charge on any atom is 0.148 e. The molecule has 118 valence electrons. The van der Waals surface area contributed by atoms with Crippen molar-refractivity contribution in [1.29, 1.82) is 0 Å². The number of ether oxygens (including phenoxy) is 1. The molecule has 0 unspecified atom stereocenters. The molecule has 0 saturated carbocycles. The second kappa shape index (κ2) is 7.16. The van der Waals surface area contributed by atoms with Crippen LogP contribution in [0.15, 0.2) is 12.4 Å². The van der Waals surface area contributed by atoms with Crippen LogP contribution in [0.2, 0.25) is 10.0 Å². The van der Waals surface area contributed by atoms with Gasteiger partial charge in [0.15, 0.2) is 0 Å². The topological polar surface area (TPSA) is 47.0 Å². The minimum atomic E-state index is 0.502. The van der Waals surface area contributed by atoms with E-state index in [2.05, 4.69) is 15.3 Å². The van der Waals surface area contributed by atoms with Gasteiger partial charge in [-0.1, -0.05) is 23.2 Å². The van der Waals surface area contributed by atoms with Crippen molar-refractivity contribution in [1.82, 2.24) is 9.97 Å². The first-order valence-corrected chi connectivity index (χ1v) is 7.77. The van der Waals surface area contributed by atoms with Crippen molar-refractivity contribution in [3.05, 3.63) is 44.8 Å². The van der Waals surface area contributed by atoms with E-state index in [9.17, 15) is 0 Å². The van der Waals surface area contributed by atoms with Crippen molar-refractivity contribution in [2.75, 3.05) is 18.5 Å². The van der Waals surface area contributed by atoms with Crippen molar-refractivity contribution in [3.63, 3.8) is 0 Å². The fourth-order valence-electron chi connectivity index (χ4n) is 2.13. The lowest BCUT2D eigenvalue weighted by molar-refractivity contribution is 0.328. The molecule has 0 saturated heterocycles. The Morgan fingerprint density at radius 2 is 1.82 bits per heavy atom. The molecule has 1 aromatic carbocycles. The van der Waals surface area contributed by atoms with Crippen LogP contribution >= 0.6 is 23.2 Å². The van der Waals surface area contributed by atoms with Crippen LogP contribution in [-0.4, -0.2) is 23.1 Å². The van der Waals surface area contributed by atoms with Crippen LogP contribution in [0.1, 0.15) is 22.4 Å². The molecule has 0 spiro atoms.